The predicted molar refractivity (Wildman–Crippen MR) is 44.5 cm³/mol. The zero-order valence-corrected chi connectivity index (χ0v) is 6.77. The minimum atomic E-state index is 0.528. The van der Waals surface area contributed by atoms with Crippen molar-refractivity contribution in [2.24, 2.45) is 11.8 Å². The fourth-order valence-corrected chi connectivity index (χ4v) is 1.80. The summed E-state index contributed by atoms with van der Waals surface area (Å²) in [6.07, 6.45) is 8.52. The van der Waals surface area contributed by atoms with E-state index in [2.05, 4.69) is 6.92 Å². The summed E-state index contributed by atoms with van der Waals surface area (Å²) in [6.45, 7) is 2.17. The van der Waals surface area contributed by atoms with E-state index >= 15 is 0 Å². The summed E-state index contributed by atoms with van der Waals surface area (Å²) in [7, 11) is 0. The molecule has 1 saturated carbocycles. The monoisotopic (exact) mass is 139 g/mol. The van der Waals surface area contributed by atoms with E-state index in [4.69, 9.17) is 5.41 Å². The van der Waals surface area contributed by atoms with Crippen molar-refractivity contribution in [1.29, 1.82) is 5.41 Å². The lowest BCUT2D eigenvalue weighted by Crippen LogP contribution is -2.15. The molecule has 0 aromatic heterocycles. The van der Waals surface area contributed by atoms with E-state index in [9.17, 15) is 0 Å². The Labute approximate surface area is 63.3 Å². The average molecular weight is 139 g/mol. The molecule has 10 heavy (non-hydrogen) atoms. The normalized spacial score (nSPS) is 24.1. The van der Waals surface area contributed by atoms with Gasteiger partial charge in [-0.05, 0) is 30.9 Å². The summed E-state index contributed by atoms with van der Waals surface area (Å²) in [4.78, 5) is 0. The van der Waals surface area contributed by atoms with Crippen LogP contribution in [0.4, 0.5) is 0 Å². The minimum Gasteiger partial charge on any atom is -0.313 e. The van der Waals surface area contributed by atoms with Crippen molar-refractivity contribution < 1.29 is 0 Å². The smallest absolute Gasteiger partial charge is 0.00167 e. The quantitative estimate of drug-likeness (QED) is 0.569. The highest BCUT2D eigenvalue weighted by atomic mass is 14.4. The van der Waals surface area contributed by atoms with Gasteiger partial charge >= 0.3 is 0 Å². The van der Waals surface area contributed by atoms with Gasteiger partial charge in [0.15, 0.2) is 0 Å². The van der Waals surface area contributed by atoms with Crippen LogP contribution in [0.15, 0.2) is 0 Å². The molecular formula is C9H17N. The zero-order chi connectivity index (χ0) is 7.40. The second-order valence-electron chi connectivity index (χ2n) is 3.42. The highest BCUT2D eigenvalue weighted by Crippen LogP contribution is 2.28. The molecule has 1 fully saturated rings. The Hall–Kier alpha value is -0.330. The van der Waals surface area contributed by atoms with E-state index in [1.54, 1.807) is 6.21 Å². The summed E-state index contributed by atoms with van der Waals surface area (Å²) < 4.78 is 0. The van der Waals surface area contributed by atoms with Gasteiger partial charge in [0.2, 0.25) is 0 Å². The summed E-state index contributed by atoms with van der Waals surface area (Å²) in [5, 5.41) is 7.12. The highest BCUT2D eigenvalue weighted by Gasteiger charge is 2.17. The summed E-state index contributed by atoms with van der Waals surface area (Å²) >= 11 is 0. The first-order valence-electron chi connectivity index (χ1n) is 4.35. The third-order valence-electron chi connectivity index (χ3n) is 2.66. The third-order valence-corrected chi connectivity index (χ3v) is 2.66. The number of hydrogen-bond donors (Lipinski definition) is 1. The first-order chi connectivity index (χ1) is 4.84. The van der Waals surface area contributed by atoms with E-state index in [-0.39, 0.29) is 0 Å². The van der Waals surface area contributed by atoms with Crippen LogP contribution in [0.25, 0.3) is 0 Å². The van der Waals surface area contributed by atoms with E-state index in [0.717, 1.165) is 5.92 Å². The van der Waals surface area contributed by atoms with Crippen LogP contribution >= 0.6 is 0 Å². The van der Waals surface area contributed by atoms with Gasteiger partial charge in [-0.1, -0.05) is 26.2 Å². The van der Waals surface area contributed by atoms with Crippen LogP contribution < -0.4 is 0 Å². The van der Waals surface area contributed by atoms with E-state index in [1.165, 1.54) is 32.1 Å². The van der Waals surface area contributed by atoms with E-state index < -0.39 is 0 Å². The van der Waals surface area contributed by atoms with Gasteiger partial charge in [-0.2, -0.15) is 0 Å². The zero-order valence-electron chi connectivity index (χ0n) is 6.77. The standard InChI is InChI=1S/C9H17N/c1-8(7-10)9-5-3-2-4-6-9/h7-10H,2-6H2,1H3. The highest BCUT2D eigenvalue weighted by molar-refractivity contribution is 5.56. The second-order valence-corrected chi connectivity index (χ2v) is 3.42. The minimum absolute atomic E-state index is 0.528. The SMILES string of the molecule is CC(C=N)C1CCCCC1. The topological polar surface area (TPSA) is 23.9 Å². The molecule has 1 unspecified atom stereocenters. The molecule has 0 aromatic carbocycles. The lowest BCUT2D eigenvalue weighted by atomic mass is 9.81. The maximum Gasteiger partial charge on any atom is -0.00167 e. The number of rotatable bonds is 2. The van der Waals surface area contributed by atoms with Crippen LogP contribution in [-0.2, 0) is 0 Å². The lowest BCUT2D eigenvalue weighted by molar-refractivity contribution is 0.314. The molecule has 0 bridgehead atoms. The van der Waals surface area contributed by atoms with Crippen LogP contribution in [0.2, 0.25) is 0 Å². The molecule has 0 amide bonds. The Morgan fingerprint density at radius 2 is 1.90 bits per heavy atom. The molecule has 0 spiro atoms. The van der Waals surface area contributed by atoms with E-state index in [1.807, 2.05) is 0 Å². The van der Waals surface area contributed by atoms with Gasteiger partial charge in [-0.3, -0.25) is 0 Å². The molecule has 1 atom stereocenters. The van der Waals surface area contributed by atoms with Gasteiger partial charge in [0.25, 0.3) is 0 Å². The van der Waals surface area contributed by atoms with Crippen molar-refractivity contribution in [2.75, 3.05) is 0 Å². The lowest BCUT2D eigenvalue weighted by Gasteiger charge is -2.24. The van der Waals surface area contributed by atoms with Gasteiger partial charge in [-0.25, -0.2) is 0 Å². The van der Waals surface area contributed by atoms with Gasteiger partial charge in [0.1, 0.15) is 0 Å². The molecule has 1 nitrogen and oxygen atoms in total. The Morgan fingerprint density at radius 1 is 1.30 bits per heavy atom. The molecule has 1 N–H and O–H groups in total. The van der Waals surface area contributed by atoms with Crippen LogP contribution in [0.1, 0.15) is 39.0 Å². The Morgan fingerprint density at radius 3 is 2.40 bits per heavy atom. The molecule has 0 saturated heterocycles. The average Bonchev–Trinajstić information content (AvgIpc) is 2.05. The van der Waals surface area contributed by atoms with Gasteiger partial charge in [0, 0.05) is 0 Å². The summed E-state index contributed by atoms with van der Waals surface area (Å²) in [5.41, 5.74) is 0. The molecule has 1 heteroatoms. The van der Waals surface area contributed by atoms with Crippen molar-refractivity contribution in [3.8, 4) is 0 Å². The van der Waals surface area contributed by atoms with Gasteiger partial charge in [0.05, 0.1) is 0 Å². The molecular weight excluding hydrogens is 122 g/mol. The first kappa shape index (κ1) is 7.77. The van der Waals surface area contributed by atoms with Crippen molar-refractivity contribution in [3.05, 3.63) is 0 Å². The molecule has 0 aliphatic heterocycles. The Bertz CT molecular complexity index is 103. The maximum atomic E-state index is 7.12. The molecule has 0 aromatic rings. The Kier molecular flexibility index (Phi) is 2.91. The molecule has 0 radical (unpaired) electrons. The van der Waals surface area contributed by atoms with E-state index in [0.29, 0.717) is 5.92 Å². The molecule has 0 heterocycles. The molecule has 1 aliphatic rings. The summed E-state index contributed by atoms with van der Waals surface area (Å²) in [6, 6.07) is 0. The fourth-order valence-electron chi connectivity index (χ4n) is 1.80. The van der Waals surface area contributed by atoms with Gasteiger partial charge < -0.3 is 5.41 Å². The molecule has 1 aliphatic carbocycles. The molecule has 58 valence electrons. The third kappa shape index (κ3) is 1.83. The van der Waals surface area contributed by atoms with Crippen LogP contribution in [0.5, 0.6) is 0 Å². The largest absolute Gasteiger partial charge is 0.313 e. The number of nitrogens with one attached hydrogen (secondary N) is 1. The molecule has 1 rings (SSSR count). The Balaban J connectivity index is 2.30. The van der Waals surface area contributed by atoms with Crippen molar-refractivity contribution in [3.63, 3.8) is 0 Å². The fraction of sp³-hybridized carbons (Fsp3) is 0.889. The van der Waals surface area contributed by atoms with Crippen molar-refractivity contribution >= 4 is 6.21 Å². The van der Waals surface area contributed by atoms with Crippen molar-refractivity contribution in [1.82, 2.24) is 0 Å². The van der Waals surface area contributed by atoms with Crippen LogP contribution in [-0.4, -0.2) is 6.21 Å². The predicted octanol–water partition coefficient (Wildman–Crippen LogP) is 2.85. The second kappa shape index (κ2) is 3.75. The maximum absolute atomic E-state index is 7.12. The summed E-state index contributed by atoms with van der Waals surface area (Å²) in [5.74, 6) is 1.35. The van der Waals surface area contributed by atoms with Gasteiger partial charge in [-0.15, -0.1) is 0 Å². The first-order valence-corrected chi connectivity index (χ1v) is 4.35. The van der Waals surface area contributed by atoms with Crippen LogP contribution in [0, 0.1) is 17.2 Å². The van der Waals surface area contributed by atoms with Crippen LogP contribution in [0.3, 0.4) is 0 Å². The number of hydrogen-bond acceptors (Lipinski definition) is 1. The van der Waals surface area contributed by atoms with Crippen molar-refractivity contribution in [2.45, 2.75) is 39.0 Å².